The smallest absolute Gasteiger partial charge is 0.207 e. The van der Waals surface area contributed by atoms with E-state index in [1.807, 2.05) is 13.0 Å². The Hall–Kier alpha value is -3.12. The molecule has 0 heterocycles. The second-order valence-electron chi connectivity index (χ2n) is 6.34. The largest absolute Gasteiger partial charge is 0.218 e. The van der Waals surface area contributed by atoms with Gasteiger partial charge in [0.2, 0.25) is 9.84 Å². The van der Waals surface area contributed by atoms with Crippen molar-refractivity contribution in [2.75, 3.05) is 0 Å². The fourth-order valence-electron chi connectivity index (χ4n) is 3.02. The van der Waals surface area contributed by atoms with Crippen molar-refractivity contribution >= 4 is 15.4 Å². The van der Waals surface area contributed by atoms with Crippen LogP contribution in [0.25, 0.3) is 5.57 Å². The Morgan fingerprint density at radius 2 is 1.55 bits per heavy atom. The average molecular weight is 414 g/mol. The molecule has 0 amide bonds. The third kappa shape index (κ3) is 4.03. The van der Waals surface area contributed by atoms with E-state index in [1.165, 1.54) is 24.3 Å². The Morgan fingerprint density at radius 3 is 2.14 bits per heavy atom. The summed E-state index contributed by atoms with van der Waals surface area (Å²) in [6, 6.07) is 14.8. The Balaban J connectivity index is 2.38. The highest BCUT2D eigenvalue weighted by Crippen LogP contribution is 2.35. The highest BCUT2D eigenvalue weighted by Gasteiger charge is 2.26. The molecule has 0 aromatic heterocycles. The fraction of sp³-hybridized carbons (Fsp3) is 0.0435. The number of benzene rings is 3. The number of halogens is 3. The normalized spacial score (nSPS) is 12.4. The quantitative estimate of drug-likeness (QED) is 0.389. The number of allylic oxidation sites excluding steroid dienone is 1. The first kappa shape index (κ1) is 20.6. The van der Waals surface area contributed by atoms with Gasteiger partial charge in [0.15, 0.2) is 11.6 Å². The van der Waals surface area contributed by atoms with Crippen LogP contribution in [-0.4, -0.2) is 8.42 Å². The minimum Gasteiger partial charge on any atom is -0.218 e. The van der Waals surface area contributed by atoms with Crippen LogP contribution in [0.5, 0.6) is 0 Å². The summed E-state index contributed by atoms with van der Waals surface area (Å²) in [4.78, 5) is -0.594. The molecule has 3 aromatic carbocycles. The monoisotopic (exact) mass is 414 g/mol. The molecule has 0 saturated carbocycles. The van der Waals surface area contributed by atoms with E-state index in [1.54, 1.807) is 18.2 Å². The van der Waals surface area contributed by atoms with Gasteiger partial charge >= 0.3 is 0 Å². The lowest BCUT2D eigenvalue weighted by atomic mass is 9.94. The van der Waals surface area contributed by atoms with E-state index in [0.717, 1.165) is 23.8 Å². The minimum atomic E-state index is -4.25. The molecule has 148 valence electrons. The maximum absolute atomic E-state index is 13.7. The summed E-state index contributed by atoms with van der Waals surface area (Å²) in [5, 5.41) is 0. The van der Waals surface area contributed by atoms with Crippen LogP contribution in [0.15, 0.2) is 89.2 Å². The van der Waals surface area contributed by atoms with Gasteiger partial charge in [0.25, 0.3) is 0 Å². The van der Waals surface area contributed by atoms with Crippen molar-refractivity contribution < 1.29 is 21.6 Å². The van der Waals surface area contributed by atoms with Crippen molar-refractivity contribution in [2.45, 2.75) is 11.8 Å². The van der Waals surface area contributed by atoms with Crippen LogP contribution in [0.4, 0.5) is 13.2 Å². The van der Waals surface area contributed by atoms with Crippen molar-refractivity contribution in [3.05, 3.63) is 118 Å². The van der Waals surface area contributed by atoms with Crippen molar-refractivity contribution in [3.63, 3.8) is 0 Å². The van der Waals surface area contributed by atoms with E-state index in [-0.39, 0.29) is 4.91 Å². The van der Waals surface area contributed by atoms with Crippen molar-refractivity contribution in [2.24, 2.45) is 0 Å². The van der Waals surface area contributed by atoms with Crippen LogP contribution in [0.3, 0.4) is 0 Å². The van der Waals surface area contributed by atoms with E-state index < -0.39 is 32.2 Å². The summed E-state index contributed by atoms with van der Waals surface area (Å²) in [6.07, 6.45) is 1.15. The van der Waals surface area contributed by atoms with Gasteiger partial charge in [-0.1, -0.05) is 43.0 Å². The van der Waals surface area contributed by atoms with Crippen LogP contribution >= 0.6 is 0 Å². The molecule has 0 saturated heterocycles. The number of hydrogen-bond donors (Lipinski definition) is 0. The molecule has 0 aliphatic carbocycles. The Morgan fingerprint density at radius 1 is 0.897 bits per heavy atom. The standard InChI is InChI=1S/C23H17F3O2S/c1-3-22(29(27,28)18-12-13-20(25)21(26)14-18)23(16-8-10-17(24)11-9-16)19-7-5-4-6-15(19)2/h3-14H,1H2,2H3/b23-22+. The third-order valence-electron chi connectivity index (χ3n) is 4.47. The summed E-state index contributed by atoms with van der Waals surface area (Å²) >= 11 is 0. The van der Waals surface area contributed by atoms with Gasteiger partial charge in [-0.3, -0.25) is 0 Å². The lowest BCUT2D eigenvalue weighted by Crippen LogP contribution is -2.08. The first-order chi connectivity index (χ1) is 13.8. The molecule has 0 aliphatic rings. The van der Waals surface area contributed by atoms with Gasteiger partial charge in [0.1, 0.15) is 5.82 Å². The second-order valence-corrected chi connectivity index (χ2v) is 8.26. The Kier molecular flexibility index (Phi) is 5.75. The Labute approximate surface area is 167 Å². The van der Waals surface area contributed by atoms with Gasteiger partial charge < -0.3 is 0 Å². The number of hydrogen-bond acceptors (Lipinski definition) is 2. The highest BCUT2D eigenvalue weighted by atomic mass is 32.2. The number of aryl methyl sites for hydroxylation is 1. The molecule has 0 spiro atoms. The average Bonchev–Trinajstić information content (AvgIpc) is 2.69. The summed E-state index contributed by atoms with van der Waals surface area (Å²) in [5.74, 6) is -2.89. The number of sulfone groups is 1. The molecule has 0 aliphatic heterocycles. The zero-order valence-corrected chi connectivity index (χ0v) is 16.3. The molecule has 3 aromatic rings. The predicted octanol–water partition coefficient (Wildman–Crippen LogP) is 5.83. The van der Waals surface area contributed by atoms with Gasteiger partial charge in [-0.2, -0.15) is 0 Å². The molecule has 29 heavy (non-hydrogen) atoms. The molecular formula is C23H17F3O2S. The van der Waals surface area contributed by atoms with Crippen molar-refractivity contribution in [1.29, 1.82) is 0 Å². The van der Waals surface area contributed by atoms with E-state index in [0.29, 0.717) is 22.8 Å². The van der Waals surface area contributed by atoms with Crippen LogP contribution in [0, 0.1) is 24.4 Å². The second kappa shape index (κ2) is 8.09. The molecular weight excluding hydrogens is 397 g/mol. The van der Waals surface area contributed by atoms with E-state index in [2.05, 4.69) is 6.58 Å². The first-order valence-corrected chi connectivity index (χ1v) is 10.1. The topological polar surface area (TPSA) is 34.1 Å². The third-order valence-corrected chi connectivity index (χ3v) is 6.29. The van der Waals surface area contributed by atoms with Gasteiger partial charge in [0, 0.05) is 5.57 Å². The molecule has 0 radical (unpaired) electrons. The summed E-state index contributed by atoms with van der Waals surface area (Å²) in [6.45, 7) is 5.44. The van der Waals surface area contributed by atoms with E-state index in [4.69, 9.17) is 0 Å². The van der Waals surface area contributed by atoms with Crippen LogP contribution < -0.4 is 0 Å². The molecule has 2 nitrogen and oxygen atoms in total. The number of rotatable bonds is 5. The maximum Gasteiger partial charge on any atom is 0.207 e. The van der Waals surface area contributed by atoms with Crippen LogP contribution in [0.1, 0.15) is 16.7 Å². The van der Waals surface area contributed by atoms with Gasteiger partial charge in [0.05, 0.1) is 9.80 Å². The lowest BCUT2D eigenvalue weighted by molar-refractivity contribution is 0.504. The maximum atomic E-state index is 13.7. The lowest BCUT2D eigenvalue weighted by Gasteiger charge is -2.17. The Bertz CT molecular complexity index is 1210. The molecule has 0 bridgehead atoms. The molecule has 0 unspecified atom stereocenters. The van der Waals surface area contributed by atoms with Crippen molar-refractivity contribution in [3.8, 4) is 0 Å². The molecule has 6 heteroatoms. The SMILES string of the molecule is C=C/C(=C(/c1ccc(F)cc1)c1ccccc1C)S(=O)(=O)c1ccc(F)c(F)c1. The van der Waals surface area contributed by atoms with Gasteiger partial charge in [-0.25, -0.2) is 21.6 Å². The summed E-state index contributed by atoms with van der Waals surface area (Å²) in [5.41, 5.74) is 2.12. The van der Waals surface area contributed by atoms with E-state index in [9.17, 15) is 21.6 Å². The van der Waals surface area contributed by atoms with Gasteiger partial charge in [-0.15, -0.1) is 0 Å². The summed E-state index contributed by atoms with van der Waals surface area (Å²) < 4.78 is 67.1. The van der Waals surface area contributed by atoms with Crippen LogP contribution in [0.2, 0.25) is 0 Å². The van der Waals surface area contributed by atoms with Crippen molar-refractivity contribution in [1.82, 2.24) is 0 Å². The zero-order valence-electron chi connectivity index (χ0n) is 15.5. The fourth-order valence-corrected chi connectivity index (χ4v) is 4.49. The molecule has 0 fully saturated rings. The molecule has 3 rings (SSSR count). The van der Waals surface area contributed by atoms with E-state index >= 15 is 0 Å². The molecule has 0 N–H and O–H groups in total. The minimum absolute atomic E-state index is 0.190. The highest BCUT2D eigenvalue weighted by molar-refractivity contribution is 7.95. The zero-order chi connectivity index (χ0) is 21.2. The molecule has 0 atom stereocenters. The summed E-state index contributed by atoms with van der Waals surface area (Å²) in [7, 11) is -4.25. The first-order valence-electron chi connectivity index (χ1n) is 8.64. The van der Waals surface area contributed by atoms with Crippen LogP contribution in [-0.2, 0) is 9.84 Å². The predicted molar refractivity (Wildman–Crippen MR) is 107 cm³/mol. The van der Waals surface area contributed by atoms with Gasteiger partial charge in [-0.05, 0) is 60.0 Å².